The highest BCUT2D eigenvalue weighted by Crippen LogP contribution is 2.21. The molecule has 0 atom stereocenters. The maximum absolute atomic E-state index is 12.5. The molecular formula is C26H29FN4O2. The average molecular weight is 449 g/mol. The first kappa shape index (κ1) is 25.5. The van der Waals surface area contributed by atoms with Crippen LogP contribution in [-0.4, -0.2) is 34.5 Å². The van der Waals surface area contributed by atoms with E-state index in [4.69, 9.17) is 4.74 Å². The van der Waals surface area contributed by atoms with Crippen LogP contribution in [0.15, 0.2) is 55.0 Å². The van der Waals surface area contributed by atoms with E-state index < -0.39 is 0 Å². The van der Waals surface area contributed by atoms with Crippen molar-refractivity contribution in [2.45, 2.75) is 39.5 Å². The van der Waals surface area contributed by atoms with Gasteiger partial charge in [-0.25, -0.2) is 19.3 Å². The molecule has 6 nitrogen and oxygen atoms in total. The van der Waals surface area contributed by atoms with E-state index in [2.05, 4.69) is 32.1 Å². The molecular weight excluding hydrogens is 419 g/mol. The molecule has 2 aromatic heterocycles. The highest BCUT2D eigenvalue weighted by atomic mass is 19.1. The highest BCUT2D eigenvalue weighted by Gasteiger charge is 2.14. The van der Waals surface area contributed by atoms with Gasteiger partial charge in [0.2, 0.25) is 5.88 Å². The molecule has 172 valence electrons. The SMILES string of the molecule is CCC#CCCCCNC(=O)c1cc(C)ccc1-c1ncccn1.COc1ccc(F)cn1. The van der Waals surface area contributed by atoms with Crippen molar-refractivity contribution in [2.75, 3.05) is 13.7 Å². The van der Waals surface area contributed by atoms with Crippen LogP contribution in [0, 0.1) is 24.6 Å². The van der Waals surface area contributed by atoms with E-state index in [1.165, 1.54) is 19.2 Å². The summed E-state index contributed by atoms with van der Waals surface area (Å²) in [6.45, 7) is 4.66. The Morgan fingerprint density at radius 2 is 1.88 bits per heavy atom. The van der Waals surface area contributed by atoms with Crippen molar-refractivity contribution >= 4 is 5.91 Å². The van der Waals surface area contributed by atoms with E-state index >= 15 is 0 Å². The molecule has 33 heavy (non-hydrogen) atoms. The lowest BCUT2D eigenvalue weighted by atomic mass is 10.0. The van der Waals surface area contributed by atoms with Crippen LogP contribution < -0.4 is 10.1 Å². The molecule has 0 saturated carbocycles. The summed E-state index contributed by atoms with van der Waals surface area (Å²) in [6, 6.07) is 10.3. The van der Waals surface area contributed by atoms with Crippen molar-refractivity contribution in [3.63, 3.8) is 0 Å². The summed E-state index contributed by atoms with van der Waals surface area (Å²) in [5.74, 6) is 6.73. The summed E-state index contributed by atoms with van der Waals surface area (Å²) < 4.78 is 16.8. The van der Waals surface area contributed by atoms with Crippen LogP contribution >= 0.6 is 0 Å². The molecule has 0 aliphatic rings. The largest absolute Gasteiger partial charge is 0.481 e. The van der Waals surface area contributed by atoms with Crippen LogP contribution in [0.2, 0.25) is 0 Å². The Morgan fingerprint density at radius 1 is 1.09 bits per heavy atom. The van der Waals surface area contributed by atoms with Gasteiger partial charge in [0.15, 0.2) is 5.82 Å². The van der Waals surface area contributed by atoms with Crippen LogP contribution in [0.4, 0.5) is 4.39 Å². The van der Waals surface area contributed by atoms with Crippen molar-refractivity contribution in [3.8, 4) is 29.1 Å². The summed E-state index contributed by atoms with van der Waals surface area (Å²) in [4.78, 5) is 24.6. The van der Waals surface area contributed by atoms with E-state index in [1.807, 2.05) is 32.0 Å². The van der Waals surface area contributed by atoms with E-state index in [0.717, 1.165) is 43.0 Å². The van der Waals surface area contributed by atoms with Crippen molar-refractivity contribution in [3.05, 3.63) is 71.9 Å². The van der Waals surface area contributed by atoms with Gasteiger partial charge in [0.1, 0.15) is 5.82 Å². The van der Waals surface area contributed by atoms with Gasteiger partial charge in [-0.05, 0) is 38.0 Å². The minimum absolute atomic E-state index is 0.0826. The number of aryl methyl sites for hydroxylation is 1. The molecule has 2 heterocycles. The number of hydrogen-bond donors (Lipinski definition) is 1. The average Bonchev–Trinajstić information content (AvgIpc) is 2.85. The Bertz CT molecular complexity index is 1060. The molecule has 1 N–H and O–H groups in total. The van der Waals surface area contributed by atoms with E-state index in [0.29, 0.717) is 23.8 Å². The number of carbonyl (C=O) groups excluding carboxylic acids is 1. The number of hydrogen-bond acceptors (Lipinski definition) is 5. The minimum Gasteiger partial charge on any atom is -0.481 e. The van der Waals surface area contributed by atoms with Gasteiger partial charge in [0, 0.05) is 43.4 Å². The molecule has 0 aliphatic heterocycles. The zero-order chi connectivity index (χ0) is 23.9. The number of nitrogens with zero attached hydrogens (tertiary/aromatic N) is 3. The normalized spacial score (nSPS) is 9.70. The molecule has 0 bridgehead atoms. The first-order valence-electron chi connectivity index (χ1n) is 10.8. The molecule has 0 fully saturated rings. The Hall–Kier alpha value is -3.79. The molecule has 0 aliphatic carbocycles. The summed E-state index contributed by atoms with van der Waals surface area (Å²) in [5.41, 5.74) is 2.41. The molecule has 7 heteroatoms. The fourth-order valence-corrected chi connectivity index (χ4v) is 2.81. The third-order valence-corrected chi connectivity index (χ3v) is 4.45. The van der Waals surface area contributed by atoms with Gasteiger partial charge in [0.05, 0.1) is 18.9 Å². The zero-order valence-electron chi connectivity index (χ0n) is 19.3. The van der Waals surface area contributed by atoms with Crippen LogP contribution in [0.5, 0.6) is 5.88 Å². The number of benzene rings is 1. The molecule has 0 saturated heterocycles. The zero-order valence-corrected chi connectivity index (χ0v) is 19.3. The Kier molecular flexibility index (Phi) is 11.0. The number of nitrogens with one attached hydrogen (secondary N) is 1. The monoisotopic (exact) mass is 448 g/mol. The van der Waals surface area contributed by atoms with Gasteiger partial charge in [-0.1, -0.05) is 24.6 Å². The second kappa shape index (κ2) is 14.3. The fraction of sp³-hybridized carbons (Fsp3) is 0.308. The molecule has 0 radical (unpaired) electrons. The lowest BCUT2D eigenvalue weighted by Gasteiger charge is -2.10. The van der Waals surface area contributed by atoms with E-state index in [1.54, 1.807) is 18.5 Å². The number of pyridine rings is 1. The molecule has 1 amide bonds. The second-order valence-electron chi connectivity index (χ2n) is 7.06. The minimum atomic E-state index is -0.351. The molecule has 3 aromatic rings. The topological polar surface area (TPSA) is 77.0 Å². The van der Waals surface area contributed by atoms with Crippen LogP contribution in [0.1, 0.15) is 48.5 Å². The molecule has 0 spiro atoms. The number of aromatic nitrogens is 3. The first-order chi connectivity index (χ1) is 16.0. The summed E-state index contributed by atoms with van der Waals surface area (Å²) >= 11 is 0. The maximum atomic E-state index is 12.5. The van der Waals surface area contributed by atoms with Crippen LogP contribution in [0.3, 0.4) is 0 Å². The smallest absolute Gasteiger partial charge is 0.252 e. The number of methoxy groups -OCH3 is 1. The number of rotatable bonds is 7. The first-order valence-corrected chi connectivity index (χ1v) is 10.8. The standard InChI is InChI=1S/C20H23N3O.C6H6FNO/c1-3-4-5-6-7-8-12-23-20(24)18-15-16(2)10-11-17(18)19-21-13-9-14-22-19;1-9-6-3-2-5(7)4-8-6/h9-11,13-15H,3,6-8,12H2,1-2H3,(H,23,24);2-4H,1H3. The summed E-state index contributed by atoms with van der Waals surface area (Å²) in [7, 11) is 1.49. The van der Waals surface area contributed by atoms with Gasteiger partial charge in [0.25, 0.3) is 5.91 Å². The van der Waals surface area contributed by atoms with Crippen molar-refractivity contribution in [2.24, 2.45) is 0 Å². The summed E-state index contributed by atoms with van der Waals surface area (Å²) in [5, 5.41) is 2.98. The van der Waals surface area contributed by atoms with Gasteiger partial charge < -0.3 is 10.1 Å². The quantitative estimate of drug-likeness (QED) is 0.407. The number of amides is 1. The highest BCUT2D eigenvalue weighted by molar-refractivity contribution is 6.00. The van der Waals surface area contributed by atoms with Gasteiger partial charge in [-0.15, -0.1) is 11.8 Å². The predicted octanol–water partition coefficient (Wildman–Crippen LogP) is 4.99. The number of carbonyl (C=O) groups is 1. The van der Waals surface area contributed by atoms with Crippen molar-refractivity contribution < 1.29 is 13.9 Å². The number of unbranched alkanes of at least 4 members (excludes halogenated alkanes) is 2. The fourth-order valence-electron chi connectivity index (χ4n) is 2.81. The van der Waals surface area contributed by atoms with Gasteiger partial charge >= 0.3 is 0 Å². The molecule has 0 unspecified atom stereocenters. The van der Waals surface area contributed by atoms with Gasteiger partial charge in [-0.3, -0.25) is 4.79 Å². The number of halogens is 1. The third-order valence-electron chi connectivity index (χ3n) is 4.45. The van der Waals surface area contributed by atoms with Crippen LogP contribution in [-0.2, 0) is 0 Å². The Morgan fingerprint density at radius 3 is 2.55 bits per heavy atom. The van der Waals surface area contributed by atoms with Crippen molar-refractivity contribution in [1.29, 1.82) is 0 Å². The van der Waals surface area contributed by atoms with Crippen LogP contribution in [0.25, 0.3) is 11.4 Å². The van der Waals surface area contributed by atoms with E-state index in [9.17, 15) is 9.18 Å². The van der Waals surface area contributed by atoms with Gasteiger partial charge in [-0.2, -0.15) is 0 Å². The lowest BCUT2D eigenvalue weighted by Crippen LogP contribution is -2.25. The summed E-state index contributed by atoms with van der Waals surface area (Å²) in [6.07, 6.45) is 8.18. The lowest BCUT2D eigenvalue weighted by molar-refractivity contribution is 0.0953. The molecule has 1 aromatic carbocycles. The Balaban J connectivity index is 0.000000357. The maximum Gasteiger partial charge on any atom is 0.252 e. The third kappa shape index (κ3) is 9.08. The van der Waals surface area contributed by atoms with Crippen molar-refractivity contribution in [1.82, 2.24) is 20.3 Å². The second-order valence-corrected chi connectivity index (χ2v) is 7.06. The van der Waals surface area contributed by atoms with E-state index in [-0.39, 0.29) is 11.7 Å². The molecule has 3 rings (SSSR count). The Labute approximate surface area is 194 Å². The number of ether oxygens (including phenoxy) is 1. The predicted molar refractivity (Wildman–Crippen MR) is 127 cm³/mol.